The molecule has 0 saturated carbocycles. The van der Waals surface area contributed by atoms with Crippen molar-refractivity contribution in [3.63, 3.8) is 0 Å². The highest BCUT2D eigenvalue weighted by Crippen LogP contribution is 2.17. The van der Waals surface area contributed by atoms with E-state index in [0.29, 0.717) is 13.1 Å². The topological polar surface area (TPSA) is 64.7 Å². The van der Waals surface area contributed by atoms with Crippen LogP contribution in [0.2, 0.25) is 0 Å². The molecule has 1 aromatic carbocycles. The number of halogens is 2. The lowest BCUT2D eigenvalue weighted by Crippen LogP contribution is -2.54. The molecule has 0 radical (unpaired) electrons. The van der Waals surface area contributed by atoms with E-state index in [9.17, 15) is 18.4 Å². The first-order valence-electron chi connectivity index (χ1n) is 6.47. The number of hydrazine groups is 1. The number of piperazine rings is 1. The number of hydrogen-bond donors (Lipinski definition) is 2. The fourth-order valence-electron chi connectivity index (χ4n) is 1.90. The molecule has 21 heavy (non-hydrogen) atoms. The second-order valence-electron chi connectivity index (χ2n) is 4.78. The van der Waals surface area contributed by atoms with Gasteiger partial charge in [0.15, 0.2) is 0 Å². The van der Waals surface area contributed by atoms with Gasteiger partial charge >= 0.3 is 11.8 Å². The Morgan fingerprint density at radius 1 is 1.05 bits per heavy atom. The van der Waals surface area contributed by atoms with Crippen LogP contribution in [0.4, 0.5) is 14.5 Å². The van der Waals surface area contributed by atoms with Crippen molar-refractivity contribution in [1.82, 2.24) is 15.3 Å². The van der Waals surface area contributed by atoms with Gasteiger partial charge < -0.3 is 10.2 Å². The van der Waals surface area contributed by atoms with Gasteiger partial charge in [-0.3, -0.25) is 15.0 Å². The number of carbonyl (C=O) groups excluding carboxylic acids is 2. The summed E-state index contributed by atoms with van der Waals surface area (Å²) >= 11 is 0. The highest BCUT2D eigenvalue weighted by Gasteiger charge is 2.22. The summed E-state index contributed by atoms with van der Waals surface area (Å²) in [5.41, 5.74) is 1.78. The summed E-state index contributed by atoms with van der Waals surface area (Å²) in [4.78, 5) is 25.4. The first-order valence-corrected chi connectivity index (χ1v) is 6.47. The van der Waals surface area contributed by atoms with E-state index in [1.807, 2.05) is 12.4 Å². The highest BCUT2D eigenvalue weighted by atomic mass is 19.1. The van der Waals surface area contributed by atoms with Crippen molar-refractivity contribution in [3.8, 4) is 0 Å². The molecular weight excluding hydrogens is 282 g/mol. The zero-order valence-electron chi connectivity index (χ0n) is 11.5. The lowest BCUT2D eigenvalue weighted by Gasteiger charge is -2.32. The SMILES string of the molecule is CN1CCN(NC(=O)C(=O)Nc2c(F)cccc2F)CC1. The van der Waals surface area contributed by atoms with Gasteiger partial charge in [0.2, 0.25) is 0 Å². The number of likely N-dealkylation sites (N-methyl/N-ethyl adjacent to an activating group) is 1. The maximum absolute atomic E-state index is 13.4. The number of hydrogen-bond acceptors (Lipinski definition) is 4. The molecular formula is C13H16F2N4O2. The lowest BCUT2D eigenvalue weighted by molar-refractivity contribution is -0.139. The Balaban J connectivity index is 1.92. The van der Waals surface area contributed by atoms with Gasteiger partial charge in [-0.1, -0.05) is 6.07 Å². The maximum Gasteiger partial charge on any atom is 0.323 e. The Morgan fingerprint density at radius 2 is 1.62 bits per heavy atom. The highest BCUT2D eigenvalue weighted by molar-refractivity contribution is 6.39. The number of rotatable bonds is 2. The minimum absolute atomic E-state index is 0.573. The molecule has 2 amide bonds. The lowest BCUT2D eigenvalue weighted by atomic mass is 10.3. The van der Waals surface area contributed by atoms with Gasteiger partial charge in [-0.2, -0.15) is 0 Å². The zero-order chi connectivity index (χ0) is 15.4. The largest absolute Gasteiger partial charge is 0.323 e. The van der Waals surface area contributed by atoms with E-state index >= 15 is 0 Å². The predicted molar refractivity (Wildman–Crippen MR) is 72.2 cm³/mol. The molecule has 1 aromatic rings. The second kappa shape index (κ2) is 6.59. The summed E-state index contributed by atoms with van der Waals surface area (Å²) in [5, 5.41) is 3.54. The molecule has 0 atom stereocenters. The van der Waals surface area contributed by atoms with Crippen molar-refractivity contribution in [1.29, 1.82) is 0 Å². The van der Waals surface area contributed by atoms with Crippen LogP contribution in [0, 0.1) is 11.6 Å². The molecule has 2 N–H and O–H groups in total. The molecule has 1 aliphatic heterocycles. The molecule has 6 nitrogen and oxygen atoms in total. The average Bonchev–Trinajstić information content (AvgIpc) is 2.45. The van der Waals surface area contributed by atoms with Crippen LogP contribution in [0.3, 0.4) is 0 Å². The Labute approximate surface area is 120 Å². The van der Waals surface area contributed by atoms with Crippen LogP contribution in [0.25, 0.3) is 0 Å². The van der Waals surface area contributed by atoms with E-state index in [0.717, 1.165) is 25.2 Å². The van der Waals surface area contributed by atoms with Gasteiger partial charge in [0.25, 0.3) is 0 Å². The smallest absolute Gasteiger partial charge is 0.313 e. The molecule has 2 rings (SSSR count). The van der Waals surface area contributed by atoms with Crippen molar-refractivity contribution >= 4 is 17.5 Å². The van der Waals surface area contributed by atoms with E-state index in [1.54, 1.807) is 5.01 Å². The number of amides is 2. The van der Waals surface area contributed by atoms with Gasteiger partial charge in [0.05, 0.1) is 0 Å². The summed E-state index contributed by atoms with van der Waals surface area (Å²) in [6.45, 7) is 2.65. The number of benzene rings is 1. The van der Waals surface area contributed by atoms with E-state index in [2.05, 4.69) is 10.3 Å². The van der Waals surface area contributed by atoms with E-state index in [-0.39, 0.29) is 0 Å². The Morgan fingerprint density at radius 3 is 2.19 bits per heavy atom. The molecule has 1 aliphatic rings. The van der Waals surface area contributed by atoms with Crippen molar-refractivity contribution in [2.75, 3.05) is 38.5 Å². The van der Waals surface area contributed by atoms with Crippen LogP contribution in [0.5, 0.6) is 0 Å². The quantitative estimate of drug-likeness (QED) is 0.765. The number of carbonyl (C=O) groups is 2. The first-order chi connectivity index (χ1) is 9.97. The fraction of sp³-hybridized carbons (Fsp3) is 0.385. The van der Waals surface area contributed by atoms with E-state index in [1.165, 1.54) is 6.07 Å². The summed E-state index contributed by atoms with van der Waals surface area (Å²) in [5.74, 6) is -3.94. The third-order valence-corrected chi connectivity index (χ3v) is 3.17. The molecule has 1 heterocycles. The molecule has 0 bridgehead atoms. The first kappa shape index (κ1) is 15.3. The normalized spacial score (nSPS) is 16.5. The summed E-state index contributed by atoms with van der Waals surface area (Å²) in [6.07, 6.45) is 0. The van der Waals surface area contributed by atoms with Gasteiger partial charge in [-0.25, -0.2) is 13.8 Å². The van der Waals surface area contributed by atoms with E-state index < -0.39 is 29.1 Å². The molecule has 1 saturated heterocycles. The second-order valence-corrected chi connectivity index (χ2v) is 4.78. The van der Waals surface area contributed by atoms with Crippen LogP contribution >= 0.6 is 0 Å². The minimum Gasteiger partial charge on any atom is -0.313 e. The molecule has 0 aliphatic carbocycles. The average molecular weight is 298 g/mol. The van der Waals surface area contributed by atoms with Crippen LogP contribution < -0.4 is 10.7 Å². The summed E-state index contributed by atoms with van der Waals surface area (Å²) < 4.78 is 26.7. The van der Waals surface area contributed by atoms with Crippen LogP contribution in [0.1, 0.15) is 0 Å². The molecule has 1 fully saturated rings. The number of para-hydroxylation sites is 1. The number of nitrogens with one attached hydrogen (secondary N) is 2. The third kappa shape index (κ3) is 3.96. The van der Waals surface area contributed by atoms with Gasteiger partial charge in [0.1, 0.15) is 17.3 Å². The van der Waals surface area contributed by atoms with E-state index in [4.69, 9.17) is 0 Å². The van der Waals surface area contributed by atoms with Gasteiger partial charge in [-0.05, 0) is 19.2 Å². The Hall–Kier alpha value is -2.06. The van der Waals surface area contributed by atoms with Crippen molar-refractivity contribution in [2.45, 2.75) is 0 Å². The standard InChI is InChI=1S/C13H16F2N4O2/c1-18-5-7-19(8-6-18)17-13(21)12(20)16-11-9(14)3-2-4-10(11)15/h2-4H,5-8H2,1H3,(H,16,20)(H,17,21). The minimum atomic E-state index is -1.11. The van der Waals surface area contributed by atoms with Crippen LogP contribution in [-0.4, -0.2) is 54.9 Å². The van der Waals surface area contributed by atoms with Crippen molar-refractivity contribution in [3.05, 3.63) is 29.8 Å². The number of nitrogens with zero attached hydrogens (tertiary/aromatic N) is 2. The summed E-state index contributed by atoms with van der Waals surface area (Å²) in [7, 11) is 1.95. The molecule has 114 valence electrons. The molecule has 0 unspecified atom stereocenters. The Bertz CT molecular complexity index is 525. The molecule has 0 spiro atoms. The van der Waals surface area contributed by atoms with Crippen LogP contribution in [-0.2, 0) is 9.59 Å². The van der Waals surface area contributed by atoms with Crippen molar-refractivity contribution < 1.29 is 18.4 Å². The predicted octanol–water partition coefficient (Wildman–Crippen LogP) is 0.182. The maximum atomic E-state index is 13.4. The fourth-order valence-corrected chi connectivity index (χ4v) is 1.90. The Kier molecular flexibility index (Phi) is 4.81. The van der Waals surface area contributed by atoms with Gasteiger partial charge in [0, 0.05) is 26.2 Å². The van der Waals surface area contributed by atoms with Gasteiger partial charge in [-0.15, -0.1) is 0 Å². The molecule has 0 aromatic heterocycles. The van der Waals surface area contributed by atoms with Crippen molar-refractivity contribution in [2.24, 2.45) is 0 Å². The zero-order valence-corrected chi connectivity index (χ0v) is 11.5. The molecule has 8 heteroatoms. The third-order valence-electron chi connectivity index (χ3n) is 3.17. The summed E-state index contributed by atoms with van der Waals surface area (Å²) in [6, 6.07) is 3.17. The van der Waals surface area contributed by atoms with Crippen LogP contribution in [0.15, 0.2) is 18.2 Å². The monoisotopic (exact) mass is 298 g/mol. The number of anilines is 1.